The zero-order valence-electron chi connectivity index (χ0n) is 14.1. The van der Waals surface area contributed by atoms with Gasteiger partial charge in [-0.2, -0.15) is 0 Å². The van der Waals surface area contributed by atoms with Crippen molar-refractivity contribution in [2.24, 2.45) is 5.92 Å². The third-order valence-electron chi connectivity index (χ3n) is 4.62. The van der Waals surface area contributed by atoms with Gasteiger partial charge in [0, 0.05) is 36.5 Å². The Morgan fingerprint density at radius 2 is 2.17 bits per heavy atom. The summed E-state index contributed by atoms with van der Waals surface area (Å²) in [5, 5.41) is 3.61. The average molecular weight is 351 g/mol. The number of nitrogens with one attached hydrogen (secondary N) is 1. The number of nitrogens with zero attached hydrogens (tertiary/aromatic N) is 1. The van der Waals surface area contributed by atoms with Crippen LogP contribution >= 0.6 is 11.6 Å². The smallest absolute Gasteiger partial charge is 0.243 e. The average Bonchev–Trinajstić information content (AvgIpc) is 3.14. The highest BCUT2D eigenvalue weighted by atomic mass is 35.5. The summed E-state index contributed by atoms with van der Waals surface area (Å²) in [7, 11) is 0. The molecule has 2 aliphatic heterocycles. The molecule has 5 nitrogen and oxygen atoms in total. The molecule has 130 valence electrons. The van der Waals surface area contributed by atoms with Crippen molar-refractivity contribution in [2.75, 3.05) is 13.2 Å². The van der Waals surface area contributed by atoms with Gasteiger partial charge in [0.15, 0.2) is 0 Å². The van der Waals surface area contributed by atoms with E-state index >= 15 is 0 Å². The molecule has 1 unspecified atom stereocenters. The van der Waals surface area contributed by atoms with Gasteiger partial charge in [0.2, 0.25) is 11.8 Å². The van der Waals surface area contributed by atoms with Gasteiger partial charge in [-0.1, -0.05) is 25.4 Å². The van der Waals surface area contributed by atoms with Crippen molar-refractivity contribution in [3.63, 3.8) is 0 Å². The molecular formula is C18H23ClN2O3. The summed E-state index contributed by atoms with van der Waals surface area (Å²) in [6, 6.07) is 3.32. The summed E-state index contributed by atoms with van der Waals surface area (Å²) >= 11 is 6.16. The lowest BCUT2D eigenvalue weighted by Gasteiger charge is -2.30. The zero-order valence-corrected chi connectivity index (χ0v) is 14.9. The first-order valence-electron chi connectivity index (χ1n) is 8.48. The van der Waals surface area contributed by atoms with Gasteiger partial charge in [-0.25, -0.2) is 0 Å². The van der Waals surface area contributed by atoms with Gasteiger partial charge in [0.1, 0.15) is 11.8 Å². The van der Waals surface area contributed by atoms with E-state index in [4.69, 9.17) is 16.3 Å². The van der Waals surface area contributed by atoms with Gasteiger partial charge in [0.25, 0.3) is 0 Å². The van der Waals surface area contributed by atoms with Crippen LogP contribution < -0.4 is 10.1 Å². The molecule has 0 radical (unpaired) electrons. The van der Waals surface area contributed by atoms with E-state index in [1.165, 1.54) is 0 Å². The summed E-state index contributed by atoms with van der Waals surface area (Å²) in [5.41, 5.74) is 1.97. The van der Waals surface area contributed by atoms with E-state index in [0.29, 0.717) is 31.1 Å². The maximum absolute atomic E-state index is 12.7. The molecule has 1 aromatic rings. The molecule has 0 spiro atoms. The Morgan fingerprint density at radius 3 is 2.83 bits per heavy atom. The van der Waals surface area contributed by atoms with E-state index < -0.39 is 6.04 Å². The topological polar surface area (TPSA) is 58.6 Å². The second-order valence-electron chi connectivity index (χ2n) is 6.75. The molecule has 0 aromatic heterocycles. The first-order valence-corrected chi connectivity index (χ1v) is 8.86. The Labute approximate surface area is 147 Å². The molecule has 0 saturated carbocycles. The van der Waals surface area contributed by atoms with Gasteiger partial charge >= 0.3 is 0 Å². The molecule has 24 heavy (non-hydrogen) atoms. The van der Waals surface area contributed by atoms with Crippen LogP contribution in [0.4, 0.5) is 0 Å². The maximum atomic E-state index is 12.7. The van der Waals surface area contributed by atoms with Crippen molar-refractivity contribution in [1.29, 1.82) is 0 Å². The molecule has 1 N–H and O–H groups in total. The number of carbonyl (C=O) groups excluding carboxylic acids is 2. The van der Waals surface area contributed by atoms with Crippen LogP contribution in [0.15, 0.2) is 12.1 Å². The highest BCUT2D eigenvalue weighted by molar-refractivity contribution is 6.30. The number of carbonyl (C=O) groups is 2. The van der Waals surface area contributed by atoms with E-state index in [0.717, 1.165) is 29.7 Å². The van der Waals surface area contributed by atoms with Gasteiger partial charge in [-0.05, 0) is 30.0 Å². The van der Waals surface area contributed by atoms with E-state index in [-0.39, 0.29) is 17.7 Å². The SMILES string of the molecule is CC(C)C(C(=O)NCc1cc(Cl)cc2c1OCC2)N1CCCC1=O. The fraction of sp³-hybridized carbons (Fsp3) is 0.556. The van der Waals surface area contributed by atoms with Crippen LogP contribution in [0, 0.1) is 5.92 Å². The fourth-order valence-electron chi connectivity index (χ4n) is 3.53. The molecule has 1 fully saturated rings. The Bertz CT molecular complexity index is 660. The first-order chi connectivity index (χ1) is 11.5. The molecule has 2 aliphatic rings. The zero-order chi connectivity index (χ0) is 17.3. The van der Waals surface area contributed by atoms with Gasteiger partial charge in [-0.3, -0.25) is 9.59 Å². The van der Waals surface area contributed by atoms with Gasteiger partial charge in [-0.15, -0.1) is 0 Å². The largest absolute Gasteiger partial charge is 0.493 e. The number of benzene rings is 1. The molecule has 0 aliphatic carbocycles. The Morgan fingerprint density at radius 1 is 1.38 bits per heavy atom. The normalized spacial score (nSPS) is 17.8. The van der Waals surface area contributed by atoms with Crippen molar-refractivity contribution in [1.82, 2.24) is 10.2 Å². The van der Waals surface area contributed by atoms with Crippen molar-refractivity contribution in [3.05, 3.63) is 28.3 Å². The number of likely N-dealkylation sites (tertiary alicyclic amines) is 1. The van der Waals surface area contributed by atoms with Crippen LogP contribution in [0.5, 0.6) is 5.75 Å². The lowest BCUT2D eigenvalue weighted by Crippen LogP contribution is -2.50. The predicted molar refractivity (Wildman–Crippen MR) is 92.1 cm³/mol. The molecule has 6 heteroatoms. The highest BCUT2D eigenvalue weighted by Gasteiger charge is 2.34. The Balaban J connectivity index is 1.71. The molecule has 1 aromatic carbocycles. The van der Waals surface area contributed by atoms with Crippen LogP contribution in [-0.2, 0) is 22.6 Å². The van der Waals surface area contributed by atoms with E-state index in [2.05, 4.69) is 5.32 Å². The third-order valence-corrected chi connectivity index (χ3v) is 4.84. The summed E-state index contributed by atoms with van der Waals surface area (Å²) < 4.78 is 5.67. The molecule has 3 rings (SSSR count). The summed E-state index contributed by atoms with van der Waals surface area (Å²) in [6.07, 6.45) is 2.20. The highest BCUT2D eigenvalue weighted by Crippen LogP contribution is 2.32. The van der Waals surface area contributed by atoms with Gasteiger partial charge in [0.05, 0.1) is 6.61 Å². The number of fused-ring (bicyclic) bond motifs is 1. The van der Waals surface area contributed by atoms with E-state index in [9.17, 15) is 9.59 Å². The molecule has 2 amide bonds. The quantitative estimate of drug-likeness (QED) is 0.887. The maximum Gasteiger partial charge on any atom is 0.243 e. The first kappa shape index (κ1) is 17.1. The lowest BCUT2D eigenvalue weighted by molar-refractivity contribution is -0.139. The Hall–Kier alpha value is -1.75. The van der Waals surface area contributed by atoms with Crippen molar-refractivity contribution < 1.29 is 14.3 Å². The minimum absolute atomic E-state index is 0.0633. The third kappa shape index (κ3) is 3.36. The van der Waals surface area contributed by atoms with Crippen molar-refractivity contribution in [2.45, 2.75) is 45.7 Å². The Kier molecular flexibility index (Phi) is 4.99. The molecule has 1 saturated heterocycles. The predicted octanol–water partition coefficient (Wildman–Crippen LogP) is 2.54. The van der Waals surface area contributed by atoms with Crippen LogP contribution in [0.2, 0.25) is 5.02 Å². The minimum Gasteiger partial charge on any atom is -0.493 e. The second kappa shape index (κ2) is 7.01. The minimum atomic E-state index is -0.423. The van der Waals surface area contributed by atoms with Crippen molar-refractivity contribution >= 4 is 23.4 Å². The summed E-state index contributed by atoms with van der Waals surface area (Å²) in [5.74, 6) is 0.842. The number of halogens is 1. The van der Waals surface area contributed by atoms with Crippen LogP contribution in [0.3, 0.4) is 0 Å². The van der Waals surface area contributed by atoms with E-state index in [1.807, 2.05) is 26.0 Å². The monoisotopic (exact) mass is 350 g/mol. The van der Waals surface area contributed by atoms with Gasteiger partial charge < -0.3 is 15.0 Å². The summed E-state index contributed by atoms with van der Waals surface area (Å²) in [6.45, 7) is 5.59. The van der Waals surface area contributed by atoms with E-state index in [1.54, 1.807) is 4.90 Å². The number of rotatable bonds is 5. The van der Waals surface area contributed by atoms with Crippen LogP contribution in [-0.4, -0.2) is 35.9 Å². The molecule has 2 heterocycles. The number of amides is 2. The second-order valence-corrected chi connectivity index (χ2v) is 7.19. The number of hydrogen-bond donors (Lipinski definition) is 1. The fourth-order valence-corrected chi connectivity index (χ4v) is 3.79. The van der Waals surface area contributed by atoms with Crippen LogP contribution in [0.25, 0.3) is 0 Å². The number of ether oxygens (including phenoxy) is 1. The lowest BCUT2D eigenvalue weighted by atomic mass is 10.0. The number of hydrogen-bond acceptors (Lipinski definition) is 3. The standard InChI is InChI=1S/C18H23ClN2O3/c1-11(2)16(21-6-3-4-15(21)22)18(23)20-10-13-9-14(19)8-12-5-7-24-17(12)13/h8-9,11,16H,3-7,10H2,1-2H3,(H,20,23). The summed E-state index contributed by atoms with van der Waals surface area (Å²) in [4.78, 5) is 26.4. The van der Waals surface area contributed by atoms with Crippen molar-refractivity contribution in [3.8, 4) is 5.75 Å². The van der Waals surface area contributed by atoms with Crippen LogP contribution in [0.1, 0.15) is 37.8 Å². The molecular weight excluding hydrogens is 328 g/mol. The molecule has 0 bridgehead atoms. The molecule has 1 atom stereocenters.